The van der Waals surface area contributed by atoms with Crippen LogP contribution in [0.15, 0.2) is 0 Å². The summed E-state index contributed by atoms with van der Waals surface area (Å²) in [7, 11) is 0. The molecule has 0 spiro atoms. The van der Waals surface area contributed by atoms with E-state index in [4.69, 9.17) is 0 Å². The van der Waals surface area contributed by atoms with Crippen molar-refractivity contribution in [1.29, 1.82) is 0 Å². The summed E-state index contributed by atoms with van der Waals surface area (Å²) in [5, 5.41) is 10.1. The maximum atomic E-state index is 10.1. The summed E-state index contributed by atoms with van der Waals surface area (Å²) in [6.07, 6.45) is 5.98. The van der Waals surface area contributed by atoms with Crippen molar-refractivity contribution in [2.45, 2.75) is 68.8 Å². The molecule has 0 aromatic rings. The molecule has 0 radical (unpaired) electrons. The van der Waals surface area contributed by atoms with Gasteiger partial charge in [-0.3, -0.25) is 0 Å². The summed E-state index contributed by atoms with van der Waals surface area (Å²) < 4.78 is 0. The fourth-order valence-electron chi connectivity index (χ4n) is 2.06. The van der Waals surface area contributed by atoms with Crippen LogP contribution < -0.4 is 0 Å². The Hall–Kier alpha value is 2.36. The zero-order chi connectivity index (χ0) is 13.7. The molecule has 0 saturated heterocycles. The lowest BCUT2D eigenvalue weighted by Crippen LogP contribution is -2.27. The summed E-state index contributed by atoms with van der Waals surface area (Å²) in [5.74, 6) is 0. The molecule has 6 atom stereocenters. The van der Waals surface area contributed by atoms with Gasteiger partial charge in [-0.2, -0.15) is 0 Å². The molecule has 0 heterocycles. The molecule has 0 aromatic carbocycles. The Labute approximate surface area is 152 Å². The van der Waals surface area contributed by atoms with Gasteiger partial charge < -0.3 is 5.11 Å². The van der Waals surface area contributed by atoms with E-state index in [9.17, 15) is 5.11 Å². The first-order valence-electron chi connectivity index (χ1n) is 6.30. The van der Waals surface area contributed by atoms with E-state index in [2.05, 4.69) is 79.6 Å². The zero-order valence-corrected chi connectivity index (χ0v) is 18.0. The molecule has 1 saturated carbocycles. The van der Waals surface area contributed by atoms with Gasteiger partial charge in [0.15, 0.2) is 0 Å². The van der Waals surface area contributed by atoms with Crippen LogP contribution in [0.3, 0.4) is 0 Å². The van der Waals surface area contributed by atoms with Gasteiger partial charge >= 0.3 is 0 Å². The van der Waals surface area contributed by atoms with Crippen LogP contribution in [-0.4, -0.2) is 35.3 Å². The molecule has 18 heavy (non-hydrogen) atoms. The van der Waals surface area contributed by atoms with Crippen LogP contribution in [0.1, 0.15) is 38.5 Å². The fraction of sp³-hybridized carbons (Fsp3) is 1.00. The lowest BCUT2D eigenvalue weighted by molar-refractivity contribution is 0.156. The Bertz CT molecular complexity index is 178. The summed E-state index contributed by atoms with van der Waals surface area (Å²) >= 11 is 18.6. The van der Waals surface area contributed by atoms with Crippen molar-refractivity contribution >= 4 is 79.6 Å². The van der Waals surface area contributed by atoms with E-state index in [0.29, 0.717) is 19.3 Å². The van der Waals surface area contributed by atoms with Gasteiger partial charge in [0.25, 0.3) is 0 Å². The molecule has 1 unspecified atom stereocenters. The van der Waals surface area contributed by atoms with Crippen molar-refractivity contribution in [1.82, 2.24) is 0 Å². The van der Waals surface area contributed by atoms with Crippen LogP contribution in [-0.2, 0) is 0 Å². The SMILES string of the molecule is OC1CC[C@@H](Br)[C@@H](Br)CC[C@H](Br)[C@H](Br)CC[C@@H]1Br. The highest BCUT2D eigenvalue weighted by Gasteiger charge is 2.25. The minimum absolute atomic E-state index is 0.199. The second-order valence-corrected chi connectivity index (χ2v) is 10.8. The van der Waals surface area contributed by atoms with Gasteiger partial charge in [0.2, 0.25) is 0 Å². The lowest BCUT2D eigenvalue weighted by atomic mass is 9.99. The van der Waals surface area contributed by atoms with E-state index in [1.54, 1.807) is 0 Å². The van der Waals surface area contributed by atoms with Crippen molar-refractivity contribution in [2.24, 2.45) is 0 Å². The Balaban J connectivity index is 2.61. The van der Waals surface area contributed by atoms with Crippen molar-refractivity contribution in [3.63, 3.8) is 0 Å². The van der Waals surface area contributed by atoms with Crippen molar-refractivity contribution in [3.8, 4) is 0 Å². The van der Waals surface area contributed by atoms with Crippen molar-refractivity contribution in [3.05, 3.63) is 0 Å². The topological polar surface area (TPSA) is 20.2 Å². The first-order valence-corrected chi connectivity index (χ1v) is 10.9. The summed E-state index contributed by atoms with van der Waals surface area (Å²) in [4.78, 5) is 2.06. The normalized spacial score (nSPS) is 45.0. The molecule has 1 aliphatic rings. The van der Waals surface area contributed by atoms with Crippen LogP contribution in [0.5, 0.6) is 0 Å². The lowest BCUT2D eigenvalue weighted by Gasteiger charge is -2.26. The molecule has 108 valence electrons. The third kappa shape index (κ3) is 6.42. The van der Waals surface area contributed by atoms with Gasteiger partial charge in [-0.05, 0) is 38.5 Å². The summed E-state index contributed by atoms with van der Waals surface area (Å²) in [6.45, 7) is 0. The Morgan fingerprint density at radius 3 is 1.17 bits per heavy atom. The largest absolute Gasteiger partial charge is 0.392 e. The number of halogens is 5. The fourth-order valence-corrected chi connectivity index (χ4v) is 4.71. The van der Waals surface area contributed by atoms with Gasteiger partial charge in [-0.1, -0.05) is 79.6 Å². The Morgan fingerprint density at radius 1 is 0.500 bits per heavy atom. The van der Waals surface area contributed by atoms with Gasteiger partial charge in [0.05, 0.1) is 6.10 Å². The van der Waals surface area contributed by atoms with Crippen LogP contribution in [0.4, 0.5) is 0 Å². The highest BCUT2D eigenvalue weighted by Crippen LogP contribution is 2.32. The second kappa shape index (κ2) is 9.39. The number of alkyl halides is 5. The first kappa shape index (κ1) is 18.4. The average Bonchev–Trinajstić information content (AvgIpc) is 2.36. The Morgan fingerprint density at radius 2 is 0.778 bits per heavy atom. The van der Waals surface area contributed by atoms with Gasteiger partial charge in [0.1, 0.15) is 0 Å². The summed E-state index contributed by atoms with van der Waals surface area (Å²) in [5.41, 5.74) is 0. The van der Waals surface area contributed by atoms with E-state index in [0.717, 1.165) is 38.5 Å². The summed E-state index contributed by atoms with van der Waals surface area (Å²) in [6, 6.07) is 0. The third-order valence-corrected chi connectivity index (χ3v) is 10.2. The number of aliphatic hydroxyl groups is 1. The molecule has 1 fully saturated rings. The number of hydrogen-bond acceptors (Lipinski definition) is 1. The predicted molar refractivity (Wildman–Crippen MR) is 97.3 cm³/mol. The van der Waals surface area contributed by atoms with Crippen LogP contribution in [0.25, 0.3) is 0 Å². The van der Waals surface area contributed by atoms with Crippen LogP contribution in [0.2, 0.25) is 0 Å². The standard InChI is InChI=1S/C12H19Br5O/c13-7-1-2-8(14)10(16)5-6-12(18)11(17)4-3-9(7)15/h7-12,18H,1-6H2/t7-,8-,9+,10+,11-,12?/m0/s1. The molecule has 0 amide bonds. The van der Waals surface area contributed by atoms with Crippen LogP contribution in [0, 0.1) is 0 Å². The maximum absolute atomic E-state index is 10.1. The van der Waals surface area contributed by atoms with Gasteiger partial charge in [-0.15, -0.1) is 0 Å². The molecule has 0 bridgehead atoms. The molecular weight excluding hydrogens is 560 g/mol. The monoisotopic (exact) mass is 574 g/mol. The number of hydrogen-bond donors (Lipinski definition) is 1. The smallest absolute Gasteiger partial charge is 0.0665 e. The average molecular weight is 579 g/mol. The third-order valence-electron chi connectivity index (χ3n) is 3.38. The van der Waals surface area contributed by atoms with Crippen molar-refractivity contribution < 1.29 is 5.11 Å². The molecular formula is C12H19Br5O. The minimum Gasteiger partial charge on any atom is -0.392 e. The number of rotatable bonds is 0. The molecule has 1 N–H and O–H groups in total. The molecule has 0 aromatic heterocycles. The number of aliphatic hydroxyl groups excluding tert-OH is 1. The Kier molecular flexibility index (Phi) is 9.61. The van der Waals surface area contributed by atoms with Crippen molar-refractivity contribution in [2.75, 3.05) is 0 Å². The van der Waals surface area contributed by atoms with Gasteiger partial charge in [0, 0.05) is 24.1 Å². The predicted octanol–water partition coefficient (Wildman–Crippen LogP) is 5.52. The van der Waals surface area contributed by atoms with Crippen LogP contribution >= 0.6 is 79.6 Å². The van der Waals surface area contributed by atoms with E-state index < -0.39 is 0 Å². The first-order chi connectivity index (χ1) is 8.41. The molecule has 0 aliphatic heterocycles. The minimum atomic E-state index is -0.252. The highest BCUT2D eigenvalue weighted by atomic mass is 79.9. The van der Waals surface area contributed by atoms with E-state index >= 15 is 0 Å². The second-order valence-electron chi connectivity index (χ2n) is 4.88. The van der Waals surface area contributed by atoms with E-state index in [1.807, 2.05) is 0 Å². The zero-order valence-electron chi connectivity index (χ0n) is 10.0. The quantitative estimate of drug-likeness (QED) is 0.376. The van der Waals surface area contributed by atoms with E-state index in [-0.39, 0.29) is 10.9 Å². The van der Waals surface area contributed by atoms with Gasteiger partial charge in [-0.25, -0.2) is 0 Å². The highest BCUT2D eigenvalue weighted by molar-refractivity contribution is 9.12. The molecule has 1 nitrogen and oxygen atoms in total. The molecule has 6 heteroatoms. The van der Waals surface area contributed by atoms with E-state index in [1.165, 1.54) is 0 Å². The molecule has 1 aliphatic carbocycles. The molecule has 1 rings (SSSR count). The maximum Gasteiger partial charge on any atom is 0.0665 e.